The molecule has 0 aromatic carbocycles. The zero-order valence-corrected chi connectivity index (χ0v) is 13.2. The number of aromatic nitrogens is 4. The topological polar surface area (TPSA) is 74.1 Å². The van der Waals surface area contributed by atoms with Crippen LogP contribution in [0.3, 0.4) is 0 Å². The van der Waals surface area contributed by atoms with Gasteiger partial charge in [-0.3, -0.25) is 4.98 Å². The summed E-state index contributed by atoms with van der Waals surface area (Å²) < 4.78 is 13.6. The summed E-state index contributed by atoms with van der Waals surface area (Å²) in [5, 5.41) is 7.67. The Kier molecular flexibility index (Phi) is 3.74. The van der Waals surface area contributed by atoms with Gasteiger partial charge in [0, 0.05) is 25.6 Å². The first-order chi connectivity index (χ1) is 11.3. The molecule has 2 aromatic rings. The van der Waals surface area contributed by atoms with Crippen molar-refractivity contribution in [1.82, 2.24) is 19.7 Å². The monoisotopic (exact) mass is 315 g/mol. The van der Waals surface area contributed by atoms with Gasteiger partial charge in [-0.1, -0.05) is 0 Å². The highest BCUT2D eigenvalue weighted by atomic mass is 16.6. The van der Waals surface area contributed by atoms with Gasteiger partial charge in [0.25, 0.3) is 0 Å². The third-order valence-electron chi connectivity index (χ3n) is 4.72. The van der Waals surface area contributed by atoms with Gasteiger partial charge in [-0.25, -0.2) is 9.67 Å². The maximum Gasteiger partial charge on any atom is 0.173 e. The molecular formula is C16H21N5O2. The zero-order valence-electron chi connectivity index (χ0n) is 13.2. The van der Waals surface area contributed by atoms with E-state index in [0.717, 1.165) is 38.3 Å². The summed E-state index contributed by atoms with van der Waals surface area (Å²) in [5.41, 5.74) is -0.209. The van der Waals surface area contributed by atoms with Crippen LogP contribution in [0.15, 0.2) is 30.9 Å². The lowest BCUT2D eigenvalue weighted by atomic mass is 9.70. The van der Waals surface area contributed by atoms with Gasteiger partial charge in [-0.2, -0.15) is 5.10 Å². The predicted octanol–water partition coefficient (Wildman–Crippen LogP) is 1.80. The van der Waals surface area contributed by atoms with E-state index in [-0.39, 0.29) is 17.7 Å². The first kappa shape index (κ1) is 14.6. The Morgan fingerprint density at radius 3 is 3.17 bits per heavy atom. The number of ether oxygens (including phenoxy) is 2. The second kappa shape index (κ2) is 5.90. The quantitative estimate of drug-likeness (QED) is 0.907. The van der Waals surface area contributed by atoms with E-state index in [0.29, 0.717) is 5.82 Å². The van der Waals surface area contributed by atoms with E-state index in [1.165, 1.54) is 0 Å². The second-order valence-corrected chi connectivity index (χ2v) is 6.00. The molecule has 122 valence electrons. The minimum atomic E-state index is -0.209. The van der Waals surface area contributed by atoms with Crippen molar-refractivity contribution in [3.05, 3.63) is 30.9 Å². The van der Waals surface area contributed by atoms with Gasteiger partial charge >= 0.3 is 0 Å². The SMILES string of the molecule is CCOC1CC(Nc2cncc(-n3cccn3)n2)C12CCCO2. The minimum Gasteiger partial charge on any atom is -0.375 e. The maximum absolute atomic E-state index is 6.08. The molecule has 2 fully saturated rings. The Labute approximate surface area is 135 Å². The highest BCUT2D eigenvalue weighted by Crippen LogP contribution is 2.46. The molecule has 1 spiro atoms. The van der Waals surface area contributed by atoms with Crippen LogP contribution in [0, 0.1) is 0 Å². The molecule has 23 heavy (non-hydrogen) atoms. The molecule has 2 aliphatic rings. The molecule has 0 radical (unpaired) electrons. The summed E-state index contributed by atoms with van der Waals surface area (Å²) in [6, 6.07) is 2.07. The van der Waals surface area contributed by atoms with Crippen molar-refractivity contribution in [1.29, 1.82) is 0 Å². The van der Waals surface area contributed by atoms with E-state index < -0.39 is 0 Å². The molecule has 1 saturated heterocycles. The minimum absolute atomic E-state index is 0.176. The molecule has 7 heteroatoms. The first-order valence-electron chi connectivity index (χ1n) is 8.16. The number of nitrogens with zero attached hydrogens (tertiary/aromatic N) is 4. The van der Waals surface area contributed by atoms with Gasteiger partial charge in [-0.05, 0) is 32.3 Å². The standard InChI is InChI=1S/C16H21N5O2/c1-2-22-13-9-12(16(13)5-3-8-23-16)19-14-10-17-11-15(20-14)21-7-4-6-18-21/h4,6-7,10-13H,2-3,5,8-9H2,1H3,(H,19,20). The summed E-state index contributed by atoms with van der Waals surface area (Å²) in [4.78, 5) is 8.86. The summed E-state index contributed by atoms with van der Waals surface area (Å²) in [5.74, 6) is 1.44. The predicted molar refractivity (Wildman–Crippen MR) is 84.5 cm³/mol. The van der Waals surface area contributed by atoms with Crippen molar-refractivity contribution in [3.63, 3.8) is 0 Å². The van der Waals surface area contributed by atoms with Crippen LogP contribution in [0.2, 0.25) is 0 Å². The normalized spacial score (nSPS) is 29.6. The molecule has 1 aliphatic heterocycles. The number of rotatable bonds is 5. The van der Waals surface area contributed by atoms with E-state index >= 15 is 0 Å². The molecule has 3 unspecified atom stereocenters. The van der Waals surface area contributed by atoms with E-state index in [9.17, 15) is 0 Å². The summed E-state index contributed by atoms with van der Waals surface area (Å²) in [6.45, 7) is 3.56. The lowest BCUT2D eigenvalue weighted by Gasteiger charge is -2.52. The van der Waals surface area contributed by atoms with Crippen LogP contribution in [0.1, 0.15) is 26.2 Å². The van der Waals surface area contributed by atoms with Crippen LogP contribution in [0.5, 0.6) is 0 Å². The molecule has 1 aliphatic carbocycles. The van der Waals surface area contributed by atoms with Gasteiger partial charge in [-0.15, -0.1) is 0 Å². The number of hydrogen-bond acceptors (Lipinski definition) is 6. The molecule has 1 N–H and O–H groups in total. The van der Waals surface area contributed by atoms with Gasteiger partial charge in [0.2, 0.25) is 0 Å². The number of anilines is 1. The highest BCUT2D eigenvalue weighted by Gasteiger charge is 2.58. The van der Waals surface area contributed by atoms with Crippen molar-refractivity contribution in [2.24, 2.45) is 0 Å². The molecule has 2 aromatic heterocycles. The zero-order chi connectivity index (χ0) is 15.7. The fourth-order valence-electron chi connectivity index (χ4n) is 3.60. The van der Waals surface area contributed by atoms with E-state index in [2.05, 4.69) is 20.4 Å². The summed E-state index contributed by atoms with van der Waals surface area (Å²) in [6.07, 6.45) is 10.2. The Morgan fingerprint density at radius 1 is 1.48 bits per heavy atom. The fourth-order valence-corrected chi connectivity index (χ4v) is 3.60. The van der Waals surface area contributed by atoms with Crippen molar-refractivity contribution >= 4 is 5.82 Å². The van der Waals surface area contributed by atoms with Crippen LogP contribution in [0.4, 0.5) is 5.82 Å². The van der Waals surface area contributed by atoms with Gasteiger partial charge in [0.1, 0.15) is 11.4 Å². The largest absolute Gasteiger partial charge is 0.375 e. The molecule has 0 amide bonds. The van der Waals surface area contributed by atoms with Crippen molar-refractivity contribution < 1.29 is 9.47 Å². The molecular weight excluding hydrogens is 294 g/mol. The Morgan fingerprint density at radius 2 is 2.43 bits per heavy atom. The average molecular weight is 315 g/mol. The molecule has 3 atom stereocenters. The van der Waals surface area contributed by atoms with E-state index in [4.69, 9.17) is 9.47 Å². The summed E-state index contributed by atoms with van der Waals surface area (Å²) >= 11 is 0. The first-order valence-corrected chi connectivity index (χ1v) is 8.16. The Hall–Kier alpha value is -1.99. The lowest BCUT2D eigenvalue weighted by Crippen LogP contribution is -2.66. The summed E-state index contributed by atoms with van der Waals surface area (Å²) in [7, 11) is 0. The maximum atomic E-state index is 6.08. The van der Waals surface area contributed by atoms with Crippen molar-refractivity contribution in [2.75, 3.05) is 18.5 Å². The van der Waals surface area contributed by atoms with Gasteiger partial charge < -0.3 is 14.8 Å². The van der Waals surface area contributed by atoms with Gasteiger partial charge in [0.05, 0.1) is 24.5 Å². The van der Waals surface area contributed by atoms with Crippen molar-refractivity contribution in [3.8, 4) is 5.82 Å². The van der Waals surface area contributed by atoms with Crippen LogP contribution < -0.4 is 5.32 Å². The van der Waals surface area contributed by atoms with Gasteiger partial charge in [0.15, 0.2) is 5.82 Å². The third kappa shape index (κ3) is 2.49. The van der Waals surface area contributed by atoms with Crippen LogP contribution in [-0.2, 0) is 9.47 Å². The Balaban J connectivity index is 1.51. The lowest BCUT2D eigenvalue weighted by molar-refractivity contribution is -0.184. The fraction of sp³-hybridized carbons (Fsp3) is 0.562. The van der Waals surface area contributed by atoms with E-state index in [1.54, 1.807) is 23.3 Å². The third-order valence-corrected chi connectivity index (χ3v) is 4.72. The average Bonchev–Trinajstić information content (AvgIpc) is 3.27. The van der Waals surface area contributed by atoms with Crippen LogP contribution in [0.25, 0.3) is 5.82 Å². The van der Waals surface area contributed by atoms with E-state index in [1.807, 2.05) is 19.2 Å². The van der Waals surface area contributed by atoms with Crippen LogP contribution in [-0.4, -0.2) is 50.7 Å². The molecule has 4 rings (SSSR count). The van der Waals surface area contributed by atoms with Crippen LogP contribution >= 0.6 is 0 Å². The van der Waals surface area contributed by atoms with Crippen molar-refractivity contribution in [2.45, 2.75) is 43.9 Å². The second-order valence-electron chi connectivity index (χ2n) is 6.00. The molecule has 7 nitrogen and oxygen atoms in total. The number of hydrogen-bond donors (Lipinski definition) is 1. The Bertz CT molecular complexity index is 654. The highest BCUT2D eigenvalue weighted by molar-refractivity contribution is 5.40. The smallest absolute Gasteiger partial charge is 0.173 e. The molecule has 0 bridgehead atoms. The molecule has 1 saturated carbocycles. The molecule has 3 heterocycles. The number of nitrogens with one attached hydrogen (secondary N) is 1.